The molecule has 1 fully saturated rings. The maximum Gasteiger partial charge on any atom is 0.416 e. The summed E-state index contributed by atoms with van der Waals surface area (Å²) in [6, 6.07) is 4.67. The minimum absolute atomic E-state index is 0.0143. The zero-order chi connectivity index (χ0) is 15.7. The van der Waals surface area contributed by atoms with Gasteiger partial charge in [-0.05, 0) is 67.8 Å². The number of alkyl halides is 3. The molecule has 2 rings (SSSR count). The van der Waals surface area contributed by atoms with Gasteiger partial charge in [0.2, 0.25) is 0 Å². The monoisotopic (exact) mass is 299 g/mol. The molecule has 0 bridgehead atoms. The number of rotatable bonds is 4. The minimum Gasteiger partial charge on any atom is -0.314 e. The predicted molar refractivity (Wildman–Crippen MR) is 79.5 cm³/mol. The largest absolute Gasteiger partial charge is 0.416 e. The molecule has 0 spiro atoms. The Morgan fingerprint density at radius 3 is 2.62 bits per heavy atom. The fourth-order valence-electron chi connectivity index (χ4n) is 3.53. The molecule has 0 heterocycles. The molecule has 1 aromatic carbocycles. The van der Waals surface area contributed by atoms with Crippen LogP contribution in [-0.4, -0.2) is 12.6 Å². The van der Waals surface area contributed by atoms with Gasteiger partial charge in [-0.25, -0.2) is 0 Å². The number of aryl methyl sites for hydroxylation is 1. The first-order chi connectivity index (χ1) is 9.76. The van der Waals surface area contributed by atoms with E-state index >= 15 is 0 Å². The van der Waals surface area contributed by atoms with Crippen LogP contribution in [0.3, 0.4) is 0 Å². The molecule has 2 unspecified atom stereocenters. The van der Waals surface area contributed by atoms with Crippen molar-refractivity contribution in [2.24, 2.45) is 0 Å². The third-order valence-electron chi connectivity index (χ3n) is 4.63. The van der Waals surface area contributed by atoms with Crippen molar-refractivity contribution in [1.82, 2.24) is 5.32 Å². The second-order valence-corrected chi connectivity index (χ2v) is 6.48. The maximum atomic E-state index is 12.8. The van der Waals surface area contributed by atoms with Crippen LogP contribution in [0, 0.1) is 6.92 Å². The Labute approximate surface area is 124 Å². The lowest BCUT2D eigenvalue weighted by Crippen LogP contribution is -2.29. The van der Waals surface area contributed by atoms with E-state index in [0.717, 1.165) is 43.4 Å². The second-order valence-electron chi connectivity index (χ2n) is 6.48. The summed E-state index contributed by atoms with van der Waals surface area (Å²) >= 11 is 0. The Morgan fingerprint density at radius 1 is 1.33 bits per heavy atom. The van der Waals surface area contributed by atoms with Gasteiger partial charge in [0.15, 0.2) is 0 Å². The third-order valence-corrected chi connectivity index (χ3v) is 4.63. The summed E-state index contributed by atoms with van der Waals surface area (Å²) < 4.78 is 38.3. The molecule has 118 valence electrons. The van der Waals surface area contributed by atoms with E-state index in [9.17, 15) is 13.2 Å². The van der Waals surface area contributed by atoms with Crippen LogP contribution in [0.1, 0.15) is 56.2 Å². The minimum atomic E-state index is -4.26. The first kappa shape index (κ1) is 16.3. The SMILES string of the molecule is CCCNC1CCC(C)(c2ccc(C(F)(F)F)cc2C)C1. The van der Waals surface area contributed by atoms with Crippen LogP contribution in [0.25, 0.3) is 0 Å². The van der Waals surface area contributed by atoms with Crippen molar-refractivity contribution >= 4 is 0 Å². The first-order valence-corrected chi connectivity index (χ1v) is 7.68. The summed E-state index contributed by atoms with van der Waals surface area (Å²) in [5.74, 6) is 0. The smallest absolute Gasteiger partial charge is 0.314 e. The second kappa shape index (κ2) is 5.99. The van der Waals surface area contributed by atoms with Crippen LogP contribution in [-0.2, 0) is 11.6 Å². The van der Waals surface area contributed by atoms with E-state index in [1.54, 1.807) is 13.0 Å². The van der Waals surface area contributed by atoms with Gasteiger partial charge in [0.05, 0.1) is 5.56 Å². The molecule has 1 aliphatic carbocycles. The van der Waals surface area contributed by atoms with Gasteiger partial charge in [0.25, 0.3) is 0 Å². The van der Waals surface area contributed by atoms with Gasteiger partial charge in [-0.2, -0.15) is 13.2 Å². The van der Waals surface area contributed by atoms with Crippen LogP contribution < -0.4 is 5.32 Å². The van der Waals surface area contributed by atoms with Gasteiger partial charge >= 0.3 is 6.18 Å². The molecule has 0 amide bonds. The highest BCUT2D eigenvalue weighted by molar-refractivity contribution is 5.38. The topological polar surface area (TPSA) is 12.0 Å². The summed E-state index contributed by atoms with van der Waals surface area (Å²) in [5.41, 5.74) is 1.25. The molecule has 1 nitrogen and oxygen atoms in total. The molecular weight excluding hydrogens is 275 g/mol. The van der Waals surface area contributed by atoms with Crippen molar-refractivity contribution in [2.45, 2.75) is 64.1 Å². The van der Waals surface area contributed by atoms with Crippen LogP contribution in [0.2, 0.25) is 0 Å². The van der Waals surface area contributed by atoms with E-state index in [1.807, 2.05) is 0 Å². The Kier molecular flexibility index (Phi) is 4.66. The average molecular weight is 299 g/mol. The molecule has 0 aliphatic heterocycles. The standard InChI is InChI=1S/C17H24F3N/c1-4-9-21-14-7-8-16(3,11-14)15-6-5-13(10-12(15)2)17(18,19)20/h5-6,10,14,21H,4,7-9,11H2,1-3H3. The normalized spacial score (nSPS) is 26.3. The molecule has 21 heavy (non-hydrogen) atoms. The average Bonchev–Trinajstić information content (AvgIpc) is 2.78. The Balaban J connectivity index is 2.18. The van der Waals surface area contributed by atoms with Gasteiger partial charge < -0.3 is 5.32 Å². The van der Waals surface area contributed by atoms with E-state index in [-0.39, 0.29) is 5.41 Å². The van der Waals surface area contributed by atoms with Gasteiger partial charge in [0.1, 0.15) is 0 Å². The number of halogens is 3. The van der Waals surface area contributed by atoms with Crippen LogP contribution in [0.15, 0.2) is 18.2 Å². The predicted octanol–water partition coefficient (Wildman–Crippen LogP) is 4.82. The lowest BCUT2D eigenvalue weighted by molar-refractivity contribution is -0.137. The molecule has 1 saturated carbocycles. The lowest BCUT2D eigenvalue weighted by Gasteiger charge is -2.27. The molecule has 0 saturated heterocycles. The van der Waals surface area contributed by atoms with Crippen LogP contribution >= 0.6 is 0 Å². The van der Waals surface area contributed by atoms with Gasteiger partial charge in [-0.1, -0.05) is 19.9 Å². The van der Waals surface area contributed by atoms with Gasteiger partial charge in [-0.15, -0.1) is 0 Å². The van der Waals surface area contributed by atoms with Crippen molar-refractivity contribution in [3.8, 4) is 0 Å². The number of hydrogen-bond donors (Lipinski definition) is 1. The molecule has 4 heteroatoms. The van der Waals surface area contributed by atoms with E-state index < -0.39 is 11.7 Å². The Hall–Kier alpha value is -1.03. The van der Waals surface area contributed by atoms with Crippen molar-refractivity contribution in [3.05, 3.63) is 34.9 Å². The first-order valence-electron chi connectivity index (χ1n) is 7.68. The fourth-order valence-corrected chi connectivity index (χ4v) is 3.53. The molecule has 0 radical (unpaired) electrons. The summed E-state index contributed by atoms with van der Waals surface area (Å²) in [6.45, 7) is 7.12. The molecule has 2 atom stereocenters. The number of hydrogen-bond acceptors (Lipinski definition) is 1. The molecule has 1 N–H and O–H groups in total. The number of benzene rings is 1. The van der Waals surface area contributed by atoms with E-state index in [0.29, 0.717) is 6.04 Å². The number of nitrogens with one attached hydrogen (secondary N) is 1. The van der Waals surface area contributed by atoms with Crippen molar-refractivity contribution < 1.29 is 13.2 Å². The Morgan fingerprint density at radius 2 is 2.05 bits per heavy atom. The third kappa shape index (κ3) is 3.60. The summed E-state index contributed by atoms with van der Waals surface area (Å²) in [7, 11) is 0. The van der Waals surface area contributed by atoms with E-state index in [1.165, 1.54) is 12.1 Å². The van der Waals surface area contributed by atoms with Crippen molar-refractivity contribution in [1.29, 1.82) is 0 Å². The maximum absolute atomic E-state index is 12.8. The summed E-state index contributed by atoms with van der Waals surface area (Å²) in [4.78, 5) is 0. The van der Waals surface area contributed by atoms with Gasteiger partial charge in [-0.3, -0.25) is 0 Å². The summed E-state index contributed by atoms with van der Waals surface area (Å²) in [5, 5.41) is 3.53. The molecule has 0 aromatic heterocycles. The zero-order valence-corrected chi connectivity index (χ0v) is 13.0. The molecule has 1 aliphatic rings. The molecule has 1 aromatic rings. The van der Waals surface area contributed by atoms with Crippen molar-refractivity contribution in [3.63, 3.8) is 0 Å². The summed E-state index contributed by atoms with van der Waals surface area (Å²) in [6.07, 6.45) is -0.0334. The fraction of sp³-hybridized carbons (Fsp3) is 0.647. The van der Waals surface area contributed by atoms with E-state index in [4.69, 9.17) is 0 Å². The van der Waals surface area contributed by atoms with E-state index in [2.05, 4.69) is 19.2 Å². The highest BCUT2D eigenvalue weighted by Crippen LogP contribution is 2.43. The van der Waals surface area contributed by atoms with Gasteiger partial charge in [0, 0.05) is 6.04 Å². The highest BCUT2D eigenvalue weighted by atomic mass is 19.4. The molecular formula is C17H24F3N. The van der Waals surface area contributed by atoms with Crippen LogP contribution in [0.5, 0.6) is 0 Å². The van der Waals surface area contributed by atoms with Crippen LogP contribution in [0.4, 0.5) is 13.2 Å². The highest BCUT2D eigenvalue weighted by Gasteiger charge is 2.38. The zero-order valence-electron chi connectivity index (χ0n) is 13.0. The lowest BCUT2D eigenvalue weighted by atomic mass is 9.78. The quantitative estimate of drug-likeness (QED) is 0.840. The van der Waals surface area contributed by atoms with Crippen molar-refractivity contribution in [2.75, 3.05) is 6.54 Å². The Bertz CT molecular complexity index is 495.